The molecule has 0 radical (unpaired) electrons. The smallest absolute Gasteiger partial charge is 0.414 e. The molecule has 11 nitrogen and oxygen atoms in total. The van der Waals surface area contributed by atoms with E-state index in [2.05, 4.69) is 20.5 Å². The van der Waals surface area contributed by atoms with Crippen LogP contribution in [-0.2, 0) is 6.54 Å². The summed E-state index contributed by atoms with van der Waals surface area (Å²) in [4.78, 5) is 13.4. The highest BCUT2D eigenvalue weighted by atomic mass is 19.1. The van der Waals surface area contributed by atoms with Crippen molar-refractivity contribution < 1.29 is 18.8 Å². The fraction of sp³-hybridized carbons (Fsp3) is 0.333. The number of aromatic nitrogens is 6. The van der Waals surface area contributed by atoms with Gasteiger partial charge in [-0.15, -0.1) is 5.10 Å². The van der Waals surface area contributed by atoms with Gasteiger partial charge in [-0.05, 0) is 70.8 Å². The summed E-state index contributed by atoms with van der Waals surface area (Å²) in [7, 11) is 1.61. The van der Waals surface area contributed by atoms with Gasteiger partial charge in [0.1, 0.15) is 23.9 Å². The lowest BCUT2D eigenvalue weighted by molar-refractivity contribution is -0.389. The van der Waals surface area contributed by atoms with E-state index in [1.54, 1.807) is 28.5 Å². The Hall–Kier alpha value is -4.35. The molecule has 36 heavy (non-hydrogen) atoms. The van der Waals surface area contributed by atoms with Crippen LogP contribution in [0.1, 0.15) is 34.6 Å². The second kappa shape index (κ2) is 13.5. The molecule has 0 saturated carbocycles. The standard InChI is InChI=1S/C14H11FN4O.C6H7N3O3.2C2H6/c1-20-13-8-6-12(7-9-13)19-14(16-17-18-19)10-2-4-11(15)5-3-10;1-4-2-8-3-5(9(10)11)7-6(8)12-4;2*1-2/h2-9H,1H3;3-4H,2H2,1H3;2*1-2H3. The minimum atomic E-state index is -0.528. The molecule has 5 rings (SSSR count). The Morgan fingerprint density at radius 2 is 1.72 bits per heavy atom. The molecule has 1 aliphatic heterocycles. The van der Waals surface area contributed by atoms with Crippen LogP contribution in [0.25, 0.3) is 17.1 Å². The van der Waals surface area contributed by atoms with Gasteiger partial charge >= 0.3 is 11.8 Å². The van der Waals surface area contributed by atoms with Crippen molar-refractivity contribution in [2.24, 2.45) is 0 Å². The van der Waals surface area contributed by atoms with Crippen molar-refractivity contribution in [3.63, 3.8) is 0 Å². The number of ether oxygens (including phenoxy) is 2. The van der Waals surface area contributed by atoms with E-state index in [1.807, 2.05) is 58.9 Å². The number of methoxy groups -OCH3 is 1. The molecule has 3 heterocycles. The van der Waals surface area contributed by atoms with E-state index in [4.69, 9.17) is 9.47 Å². The molecule has 12 heteroatoms. The minimum absolute atomic E-state index is 0.0632. The third-order valence-corrected chi connectivity index (χ3v) is 4.56. The number of hydrogen-bond donors (Lipinski definition) is 0. The van der Waals surface area contributed by atoms with Gasteiger partial charge in [-0.1, -0.05) is 27.7 Å². The highest BCUT2D eigenvalue weighted by molar-refractivity contribution is 5.57. The fourth-order valence-electron chi connectivity index (χ4n) is 3.06. The summed E-state index contributed by atoms with van der Waals surface area (Å²) in [6, 6.07) is 13.7. The molecular weight excluding hydrogens is 469 g/mol. The Kier molecular flexibility index (Phi) is 10.5. The first-order valence-corrected chi connectivity index (χ1v) is 11.5. The van der Waals surface area contributed by atoms with Gasteiger partial charge in [-0.25, -0.2) is 4.39 Å². The molecule has 192 valence electrons. The van der Waals surface area contributed by atoms with Gasteiger partial charge in [0.05, 0.1) is 19.3 Å². The largest absolute Gasteiger partial charge is 0.497 e. The highest BCUT2D eigenvalue weighted by Gasteiger charge is 2.28. The topological polar surface area (TPSA) is 123 Å². The first-order valence-electron chi connectivity index (χ1n) is 11.5. The van der Waals surface area contributed by atoms with E-state index in [9.17, 15) is 14.5 Å². The molecule has 0 bridgehead atoms. The Labute approximate surface area is 208 Å². The maximum atomic E-state index is 13.0. The van der Waals surface area contributed by atoms with E-state index in [-0.39, 0.29) is 17.7 Å². The number of halogens is 1. The van der Waals surface area contributed by atoms with E-state index >= 15 is 0 Å². The summed E-state index contributed by atoms with van der Waals surface area (Å²) >= 11 is 0. The number of fused-ring (bicyclic) bond motifs is 1. The van der Waals surface area contributed by atoms with E-state index < -0.39 is 4.92 Å². The molecule has 2 aromatic carbocycles. The van der Waals surface area contributed by atoms with Gasteiger partial charge in [0, 0.05) is 10.5 Å². The first kappa shape index (κ1) is 27.9. The molecule has 1 aliphatic rings. The second-order valence-electron chi connectivity index (χ2n) is 6.84. The minimum Gasteiger partial charge on any atom is -0.497 e. The molecule has 0 saturated heterocycles. The van der Waals surface area contributed by atoms with Crippen molar-refractivity contribution in [3.8, 4) is 28.8 Å². The number of hydrogen-bond acceptors (Lipinski definition) is 8. The van der Waals surface area contributed by atoms with Crippen LogP contribution in [0.15, 0.2) is 54.7 Å². The lowest BCUT2D eigenvalue weighted by Gasteiger charge is -2.05. The zero-order valence-electron chi connectivity index (χ0n) is 21.1. The lowest BCUT2D eigenvalue weighted by atomic mass is 10.2. The quantitative estimate of drug-likeness (QED) is 0.281. The third-order valence-electron chi connectivity index (χ3n) is 4.56. The number of nitrogens with zero attached hydrogens (tertiary/aromatic N) is 7. The van der Waals surface area contributed by atoms with Gasteiger partial charge in [-0.2, -0.15) is 4.68 Å². The van der Waals surface area contributed by atoms with Crippen molar-refractivity contribution in [1.82, 2.24) is 29.8 Å². The van der Waals surface area contributed by atoms with Crippen LogP contribution in [0.3, 0.4) is 0 Å². The first-order chi connectivity index (χ1) is 17.4. The van der Waals surface area contributed by atoms with Crippen LogP contribution in [0.2, 0.25) is 0 Å². The normalized spacial score (nSPS) is 12.9. The summed E-state index contributed by atoms with van der Waals surface area (Å²) in [5.41, 5.74) is 1.54. The lowest BCUT2D eigenvalue weighted by Crippen LogP contribution is -2.08. The molecular formula is C24H30FN7O4. The zero-order valence-corrected chi connectivity index (χ0v) is 21.1. The third kappa shape index (κ3) is 6.84. The Morgan fingerprint density at radius 3 is 2.28 bits per heavy atom. The van der Waals surface area contributed by atoms with Gasteiger partial charge in [0.25, 0.3) is 0 Å². The zero-order chi connectivity index (χ0) is 26.7. The predicted molar refractivity (Wildman–Crippen MR) is 133 cm³/mol. The molecule has 2 aromatic heterocycles. The average Bonchev–Trinajstić information content (AvgIpc) is 3.63. The van der Waals surface area contributed by atoms with E-state index in [1.165, 1.54) is 18.3 Å². The number of rotatable bonds is 4. The predicted octanol–water partition coefficient (Wildman–Crippen LogP) is 5.10. The molecule has 0 fully saturated rings. The van der Waals surface area contributed by atoms with Crippen LogP contribution in [0, 0.1) is 15.9 Å². The van der Waals surface area contributed by atoms with Crippen molar-refractivity contribution in [1.29, 1.82) is 0 Å². The van der Waals surface area contributed by atoms with Gasteiger partial charge in [0.15, 0.2) is 5.82 Å². The van der Waals surface area contributed by atoms with Gasteiger partial charge in [-0.3, -0.25) is 4.57 Å². The maximum Gasteiger partial charge on any atom is 0.414 e. The monoisotopic (exact) mass is 499 g/mol. The van der Waals surface area contributed by atoms with Crippen molar-refractivity contribution in [2.45, 2.75) is 47.3 Å². The van der Waals surface area contributed by atoms with Crippen molar-refractivity contribution in [3.05, 3.63) is 70.7 Å². The second-order valence-corrected chi connectivity index (χ2v) is 6.84. The average molecular weight is 500 g/mol. The van der Waals surface area contributed by atoms with Crippen LogP contribution in [-0.4, -0.2) is 47.9 Å². The molecule has 4 aromatic rings. The van der Waals surface area contributed by atoms with Crippen molar-refractivity contribution >= 4 is 5.82 Å². The highest BCUT2D eigenvalue weighted by Crippen LogP contribution is 2.24. The van der Waals surface area contributed by atoms with E-state index in [0.29, 0.717) is 18.4 Å². The molecule has 1 unspecified atom stereocenters. The molecule has 1 atom stereocenters. The molecule has 0 spiro atoms. The summed E-state index contributed by atoms with van der Waals surface area (Å²) in [6.45, 7) is 10.5. The summed E-state index contributed by atoms with van der Waals surface area (Å²) < 4.78 is 26.5. The summed E-state index contributed by atoms with van der Waals surface area (Å²) in [5.74, 6) is 0.856. The number of tetrazole rings is 1. The van der Waals surface area contributed by atoms with Gasteiger partial charge in [0.2, 0.25) is 0 Å². The number of nitro groups is 1. The Morgan fingerprint density at radius 1 is 1.08 bits per heavy atom. The molecule has 0 amide bonds. The Bertz CT molecular complexity index is 1200. The molecule has 0 aliphatic carbocycles. The van der Waals surface area contributed by atoms with Crippen LogP contribution < -0.4 is 9.47 Å². The number of benzene rings is 2. The number of imidazole rings is 1. The van der Waals surface area contributed by atoms with Crippen LogP contribution in [0.4, 0.5) is 10.2 Å². The Balaban J connectivity index is 0.000000244. The van der Waals surface area contributed by atoms with E-state index in [0.717, 1.165) is 17.0 Å². The fourth-order valence-corrected chi connectivity index (χ4v) is 3.06. The summed E-state index contributed by atoms with van der Waals surface area (Å²) in [6.07, 6.45) is 1.45. The molecule has 0 N–H and O–H groups in total. The van der Waals surface area contributed by atoms with Crippen LogP contribution >= 0.6 is 0 Å². The maximum absolute atomic E-state index is 13.0. The SMILES string of the molecule is CC.CC.CC1Cn2cc([N+](=O)[O-])nc2O1.COc1ccc(-n2nnnc2-c2ccc(F)cc2)cc1. The van der Waals surface area contributed by atoms with Gasteiger partial charge < -0.3 is 19.6 Å². The van der Waals surface area contributed by atoms with Crippen molar-refractivity contribution in [2.75, 3.05) is 7.11 Å². The van der Waals surface area contributed by atoms with Crippen LogP contribution in [0.5, 0.6) is 11.8 Å². The summed E-state index contributed by atoms with van der Waals surface area (Å²) in [5, 5.41) is 21.9.